The van der Waals surface area contributed by atoms with E-state index in [1.165, 1.54) is 28.0 Å². The van der Waals surface area contributed by atoms with E-state index in [-0.39, 0.29) is 0 Å². The summed E-state index contributed by atoms with van der Waals surface area (Å²) in [6.07, 6.45) is 3.01. The molecule has 0 atom stereocenters. The molecule has 98 valence electrons. The van der Waals surface area contributed by atoms with Gasteiger partial charge in [0.25, 0.3) is 0 Å². The summed E-state index contributed by atoms with van der Waals surface area (Å²) < 4.78 is 5.92. The van der Waals surface area contributed by atoms with E-state index in [0.717, 1.165) is 30.8 Å². The molecule has 9 heteroatoms. The Balaban J connectivity index is 1.97. The molecule has 0 aliphatic rings. The van der Waals surface area contributed by atoms with Crippen molar-refractivity contribution in [2.45, 2.75) is 37.1 Å². The average molecular weight is 305 g/mol. The highest BCUT2D eigenvalue weighted by Crippen LogP contribution is 2.25. The van der Waals surface area contributed by atoms with Crippen LogP contribution in [0.25, 0.3) is 0 Å². The van der Waals surface area contributed by atoms with E-state index < -0.39 is 0 Å². The zero-order chi connectivity index (χ0) is 13.0. The maximum absolute atomic E-state index is 5.93. The molecule has 2 heterocycles. The van der Waals surface area contributed by atoms with Gasteiger partial charge in [0.2, 0.25) is 5.16 Å². The first-order valence-electron chi connectivity index (χ1n) is 5.51. The topological polar surface area (TPSA) is 82.5 Å². The van der Waals surface area contributed by atoms with Crippen LogP contribution in [0, 0.1) is 0 Å². The minimum Gasteiger partial charge on any atom is -0.336 e. The fourth-order valence-electron chi connectivity index (χ4n) is 1.33. The molecule has 0 radical (unpaired) electrons. The Morgan fingerprint density at radius 3 is 2.89 bits per heavy atom. The first kappa shape index (κ1) is 13.6. The van der Waals surface area contributed by atoms with Crippen LogP contribution in [0.5, 0.6) is 0 Å². The lowest BCUT2D eigenvalue weighted by Gasteiger charge is -2.02. The second-order valence-corrected chi connectivity index (χ2v) is 5.95. The fourth-order valence-corrected chi connectivity index (χ4v) is 2.94. The minimum atomic E-state index is 0.596. The third-order valence-corrected chi connectivity index (χ3v) is 4.28. The number of rotatable bonds is 6. The van der Waals surface area contributed by atoms with Crippen molar-refractivity contribution in [1.29, 1.82) is 0 Å². The average Bonchev–Trinajstić information content (AvgIpc) is 2.92. The lowest BCUT2D eigenvalue weighted by molar-refractivity contribution is 0.712. The van der Waals surface area contributed by atoms with E-state index in [4.69, 9.17) is 17.4 Å². The predicted molar refractivity (Wildman–Crippen MR) is 73.3 cm³/mol. The van der Waals surface area contributed by atoms with E-state index >= 15 is 0 Å². The number of thioether (sulfide) groups is 1. The number of unbranched alkanes of at least 4 members (excludes halogenated alkanes) is 1. The summed E-state index contributed by atoms with van der Waals surface area (Å²) in [5, 5.41) is 12.7. The lowest BCUT2D eigenvalue weighted by Crippen LogP contribution is -2.14. The molecule has 18 heavy (non-hydrogen) atoms. The second-order valence-electron chi connectivity index (χ2n) is 3.65. The van der Waals surface area contributed by atoms with Crippen molar-refractivity contribution < 1.29 is 0 Å². The van der Waals surface area contributed by atoms with Gasteiger partial charge in [-0.3, -0.25) is 0 Å². The fraction of sp³-hybridized carbons (Fsp3) is 0.556. The first-order chi connectivity index (χ1) is 8.72. The van der Waals surface area contributed by atoms with Gasteiger partial charge in [0.1, 0.15) is 10.0 Å². The van der Waals surface area contributed by atoms with Crippen molar-refractivity contribution in [3.05, 3.63) is 15.9 Å². The van der Waals surface area contributed by atoms with E-state index in [2.05, 4.69) is 26.7 Å². The van der Waals surface area contributed by atoms with E-state index in [1.807, 2.05) is 0 Å². The van der Waals surface area contributed by atoms with E-state index in [9.17, 15) is 0 Å². The van der Waals surface area contributed by atoms with Crippen molar-refractivity contribution in [2.24, 2.45) is 0 Å². The Bertz CT molecular complexity index is 511. The van der Waals surface area contributed by atoms with Gasteiger partial charge in [-0.1, -0.05) is 41.2 Å². The molecule has 0 amide bonds. The summed E-state index contributed by atoms with van der Waals surface area (Å²) >= 11 is 8.56. The summed E-state index contributed by atoms with van der Waals surface area (Å²) in [6, 6.07) is 0. The Morgan fingerprint density at radius 2 is 2.22 bits per heavy atom. The van der Waals surface area contributed by atoms with Crippen LogP contribution in [0.2, 0.25) is 4.34 Å². The molecule has 0 fully saturated rings. The van der Waals surface area contributed by atoms with E-state index in [1.54, 1.807) is 0 Å². The number of nitrogens with two attached hydrogens (primary N) is 1. The SMILES string of the molecule is CCCCc1nnc(SCc2nnsc2Cl)n1N. The summed E-state index contributed by atoms with van der Waals surface area (Å²) in [5.74, 6) is 7.33. The summed E-state index contributed by atoms with van der Waals surface area (Å²) in [7, 11) is 0. The maximum Gasteiger partial charge on any atom is 0.210 e. The van der Waals surface area contributed by atoms with Crippen molar-refractivity contribution in [3.63, 3.8) is 0 Å². The Labute approximate surface area is 118 Å². The van der Waals surface area contributed by atoms with Crippen LogP contribution < -0.4 is 5.84 Å². The minimum absolute atomic E-state index is 0.596. The van der Waals surface area contributed by atoms with Crippen LogP contribution in [0.15, 0.2) is 5.16 Å². The van der Waals surface area contributed by atoms with Gasteiger partial charge >= 0.3 is 0 Å². The van der Waals surface area contributed by atoms with Gasteiger partial charge < -0.3 is 5.84 Å². The van der Waals surface area contributed by atoms with Crippen molar-refractivity contribution in [3.8, 4) is 0 Å². The largest absolute Gasteiger partial charge is 0.336 e. The van der Waals surface area contributed by atoms with Crippen LogP contribution in [0.4, 0.5) is 0 Å². The molecule has 2 rings (SSSR count). The number of aryl methyl sites for hydroxylation is 1. The summed E-state index contributed by atoms with van der Waals surface area (Å²) in [4.78, 5) is 0. The van der Waals surface area contributed by atoms with Gasteiger partial charge in [-0.05, 0) is 6.42 Å². The molecule has 2 aromatic heterocycles. The highest BCUT2D eigenvalue weighted by molar-refractivity contribution is 7.98. The van der Waals surface area contributed by atoms with Crippen molar-refractivity contribution >= 4 is 34.9 Å². The maximum atomic E-state index is 5.93. The molecule has 0 unspecified atom stereocenters. The number of nitrogens with zero attached hydrogens (tertiary/aromatic N) is 5. The highest BCUT2D eigenvalue weighted by atomic mass is 35.5. The van der Waals surface area contributed by atoms with Crippen LogP contribution in [0.3, 0.4) is 0 Å². The summed E-state index contributed by atoms with van der Waals surface area (Å²) in [6.45, 7) is 2.13. The molecule has 0 aliphatic heterocycles. The van der Waals surface area contributed by atoms with Crippen LogP contribution in [0.1, 0.15) is 31.3 Å². The number of aromatic nitrogens is 5. The van der Waals surface area contributed by atoms with Gasteiger partial charge in [0.15, 0.2) is 5.82 Å². The standard InChI is InChI=1S/C9H13ClN6S2/c1-2-3-4-7-13-14-9(16(7)11)17-5-6-8(10)18-15-12-6/h2-5,11H2,1H3. The van der Waals surface area contributed by atoms with Crippen LogP contribution >= 0.6 is 34.9 Å². The molecule has 6 nitrogen and oxygen atoms in total. The highest BCUT2D eigenvalue weighted by Gasteiger charge is 2.12. The van der Waals surface area contributed by atoms with Gasteiger partial charge in [-0.2, -0.15) is 0 Å². The second kappa shape index (κ2) is 6.35. The van der Waals surface area contributed by atoms with E-state index in [0.29, 0.717) is 15.2 Å². The molecule has 0 spiro atoms. The molecule has 0 saturated carbocycles. The molecular weight excluding hydrogens is 292 g/mol. The Morgan fingerprint density at radius 1 is 1.39 bits per heavy atom. The molecule has 0 aromatic carbocycles. The molecule has 0 aliphatic carbocycles. The molecular formula is C9H13ClN6S2. The number of hydrogen-bond acceptors (Lipinski definition) is 7. The zero-order valence-electron chi connectivity index (χ0n) is 9.84. The van der Waals surface area contributed by atoms with Crippen LogP contribution in [-0.4, -0.2) is 24.5 Å². The summed E-state index contributed by atoms with van der Waals surface area (Å²) in [5.41, 5.74) is 0.754. The van der Waals surface area contributed by atoms with Crippen molar-refractivity contribution in [2.75, 3.05) is 5.84 Å². The van der Waals surface area contributed by atoms with Crippen LogP contribution in [-0.2, 0) is 12.2 Å². The molecule has 2 N–H and O–H groups in total. The lowest BCUT2D eigenvalue weighted by atomic mass is 10.2. The monoisotopic (exact) mass is 304 g/mol. The first-order valence-corrected chi connectivity index (χ1v) is 7.65. The zero-order valence-corrected chi connectivity index (χ0v) is 12.2. The molecule has 0 saturated heterocycles. The third-order valence-electron chi connectivity index (χ3n) is 2.34. The normalized spacial score (nSPS) is 11.0. The number of halogens is 1. The Kier molecular flexibility index (Phi) is 4.79. The van der Waals surface area contributed by atoms with Crippen molar-refractivity contribution in [1.82, 2.24) is 24.5 Å². The van der Waals surface area contributed by atoms with Gasteiger partial charge in [-0.15, -0.1) is 15.3 Å². The molecule has 2 aromatic rings. The van der Waals surface area contributed by atoms with Gasteiger partial charge in [0, 0.05) is 23.7 Å². The molecule has 0 bridgehead atoms. The van der Waals surface area contributed by atoms with Gasteiger partial charge in [0.05, 0.1) is 0 Å². The smallest absolute Gasteiger partial charge is 0.210 e. The number of hydrogen-bond donors (Lipinski definition) is 1. The quantitative estimate of drug-likeness (QED) is 0.650. The Hall–Kier alpha value is -0.860. The van der Waals surface area contributed by atoms with Gasteiger partial charge in [-0.25, -0.2) is 4.68 Å². The number of nitrogen functional groups attached to an aromatic ring is 1. The third kappa shape index (κ3) is 3.12. The predicted octanol–water partition coefficient (Wildman–Crippen LogP) is 2.13.